The first-order valence-corrected chi connectivity index (χ1v) is 11.6. The molecular weight excluding hydrogens is 469 g/mol. The van der Waals surface area contributed by atoms with Gasteiger partial charge in [-0.25, -0.2) is 14.8 Å². The molecule has 1 aromatic heterocycles. The molecular formula is C22H25F3N6O2S. The summed E-state index contributed by atoms with van der Waals surface area (Å²) in [5.74, 6) is -0.146. The molecule has 4 rings (SSSR count). The van der Waals surface area contributed by atoms with Gasteiger partial charge >= 0.3 is 12.2 Å². The number of alkyl halides is 3. The van der Waals surface area contributed by atoms with Gasteiger partial charge in [-0.15, -0.1) is 0 Å². The maximum absolute atomic E-state index is 13.0. The number of aromatic nitrogens is 2. The Morgan fingerprint density at radius 2 is 2.03 bits per heavy atom. The van der Waals surface area contributed by atoms with E-state index in [1.54, 1.807) is 24.1 Å². The second-order valence-electron chi connectivity index (χ2n) is 8.29. The SMILES string of the molecule is CNC(=O)N1CCC(O)(C2NC=C(c3cc(C)cc(Nc4nccc(C(F)(F)F)n4)c3)S2)CC1. The number of hydrogen-bond acceptors (Lipinski definition) is 7. The molecule has 0 saturated carbocycles. The number of nitrogens with zero attached hydrogens (tertiary/aromatic N) is 3. The van der Waals surface area contributed by atoms with Crippen molar-refractivity contribution in [3.63, 3.8) is 0 Å². The molecule has 1 saturated heterocycles. The minimum atomic E-state index is -4.56. The van der Waals surface area contributed by atoms with Gasteiger partial charge in [0.05, 0.1) is 5.60 Å². The van der Waals surface area contributed by atoms with Gasteiger partial charge in [0.2, 0.25) is 5.95 Å². The Morgan fingerprint density at radius 1 is 1.29 bits per heavy atom. The molecule has 0 bridgehead atoms. The molecule has 2 aliphatic rings. The highest BCUT2D eigenvalue weighted by molar-refractivity contribution is 8.09. The Hall–Kier alpha value is -2.99. The molecule has 2 amide bonds. The predicted molar refractivity (Wildman–Crippen MR) is 124 cm³/mol. The summed E-state index contributed by atoms with van der Waals surface area (Å²) in [6, 6.07) is 6.22. The van der Waals surface area contributed by atoms with Crippen molar-refractivity contribution in [1.82, 2.24) is 25.5 Å². The van der Waals surface area contributed by atoms with Crippen molar-refractivity contribution >= 4 is 34.3 Å². The number of nitrogens with one attached hydrogen (secondary N) is 3. The molecule has 12 heteroatoms. The highest BCUT2D eigenvalue weighted by Gasteiger charge is 2.43. The van der Waals surface area contributed by atoms with E-state index < -0.39 is 17.5 Å². The number of aliphatic hydroxyl groups is 1. The van der Waals surface area contributed by atoms with Gasteiger partial charge in [-0.2, -0.15) is 13.2 Å². The number of likely N-dealkylation sites (tertiary alicyclic amines) is 1. The number of amides is 2. The molecule has 2 aromatic rings. The lowest BCUT2D eigenvalue weighted by Crippen LogP contribution is -2.55. The molecule has 1 atom stereocenters. The Labute approximate surface area is 199 Å². The average molecular weight is 495 g/mol. The fraction of sp³-hybridized carbons (Fsp3) is 0.409. The second-order valence-corrected chi connectivity index (χ2v) is 9.44. The van der Waals surface area contributed by atoms with Crippen LogP contribution in [0.4, 0.5) is 29.6 Å². The third kappa shape index (κ3) is 5.22. The van der Waals surface area contributed by atoms with E-state index in [1.807, 2.05) is 19.2 Å². The number of carbonyl (C=O) groups is 1. The molecule has 34 heavy (non-hydrogen) atoms. The molecule has 0 radical (unpaired) electrons. The highest BCUT2D eigenvalue weighted by atomic mass is 32.2. The monoisotopic (exact) mass is 494 g/mol. The van der Waals surface area contributed by atoms with Crippen LogP contribution in [0.5, 0.6) is 0 Å². The van der Waals surface area contributed by atoms with Crippen LogP contribution in [0.25, 0.3) is 4.91 Å². The molecule has 3 heterocycles. The zero-order valence-corrected chi connectivity index (χ0v) is 19.4. The van der Waals surface area contributed by atoms with E-state index in [-0.39, 0.29) is 17.4 Å². The number of hydrogen-bond donors (Lipinski definition) is 4. The number of urea groups is 1. The second kappa shape index (κ2) is 9.34. The van der Waals surface area contributed by atoms with Crippen molar-refractivity contribution in [1.29, 1.82) is 0 Å². The number of carbonyl (C=O) groups excluding carboxylic acids is 1. The third-order valence-corrected chi connectivity index (χ3v) is 7.21. The highest BCUT2D eigenvalue weighted by Crippen LogP contribution is 2.43. The van der Waals surface area contributed by atoms with Gasteiger partial charge < -0.3 is 26.0 Å². The standard InChI is InChI=1S/C22H25F3N6O2S/c1-13-9-14(11-15(10-13)29-19-27-6-3-17(30-19)22(23,24)25)16-12-28-18(34-16)21(33)4-7-31(8-5-21)20(32)26-2/h3,6,9-12,18,28,33H,4-5,7-8H2,1-2H3,(H,26,32)(H,27,29,30). The van der Waals surface area contributed by atoms with Crippen LogP contribution in [-0.2, 0) is 6.18 Å². The van der Waals surface area contributed by atoms with E-state index in [2.05, 4.69) is 25.9 Å². The summed E-state index contributed by atoms with van der Waals surface area (Å²) in [4.78, 5) is 21.9. The van der Waals surface area contributed by atoms with Crippen molar-refractivity contribution in [2.24, 2.45) is 0 Å². The maximum Gasteiger partial charge on any atom is 0.433 e. The van der Waals surface area contributed by atoms with E-state index in [0.717, 1.165) is 28.3 Å². The lowest BCUT2D eigenvalue weighted by molar-refractivity contribution is -0.141. The Morgan fingerprint density at radius 3 is 2.71 bits per heavy atom. The Bertz CT molecular complexity index is 1100. The van der Waals surface area contributed by atoms with E-state index >= 15 is 0 Å². The number of halogens is 3. The summed E-state index contributed by atoms with van der Waals surface area (Å²) in [5.41, 5.74) is 0.298. The molecule has 1 unspecified atom stereocenters. The quantitative estimate of drug-likeness (QED) is 0.514. The number of piperidine rings is 1. The molecule has 1 aromatic carbocycles. The summed E-state index contributed by atoms with van der Waals surface area (Å²) in [6.07, 6.45) is -0.772. The fourth-order valence-corrected chi connectivity index (χ4v) is 5.22. The van der Waals surface area contributed by atoms with Crippen LogP contribution in [0.15, 0.2) is 36.7 Å². The summed E-state index contributed by atoms with van der Waals surface area (Å²) in [5, 5.41) is 19.6. The van der Waals surface area contributed by atoms with Gasteiger partial charge in [0, 0.05) is 43.1 Å². The summed E-state index contributed by atoms with van der Waals surface area (Å²) in [6.45, 7) is 2.80. The topological polar surface area (TPSA) is 102 Å². The van der Waals surface area contributed by atoms with Crippen LogP contribution in [0.2, 0.25) is 0 Å². The zero-order valence-electron chi connectivity index (χ0n) is 18.6. The number of rotatable bonds is 4. The van der Waals surface area contributed by atoms with Gasteiger partial charge in [-0.1, -0.05) is 17.8 Å². The van der Waals surface area contributed by atoms with E-state index in [1.165, 1.54) is 11.8 Å². The molecule has 1 fully saturated rings. The summed E-state index contributed by atoms with van der Waals surface area (Å²) in [7, 11) is 1.58. The maximum atomic E-state index is 13.0. The van der Waals surface area contributed by atoms with Crippen LogP contribution in [0, 0.1) is 6.92 Å². The molecule has 0 spiro atoms. The molecule has 0 aliphatic carbocycles. The predicted octanol–water partition coefficient (Wildman–Crippen LogP) is 3.67. The molecule has 2 aliphatic heterocycles. The van der Waals surface area contributed by atoms with Crippen LogP contribution in [0.1, 0.15) is 29.7 Å². The van der Waals surface area contributed by atoms with Crippen LogP contribution in [-0.4, -0.2) is 57.1 Å². The summed E-state index contributed by atoms with van der Waals surface area (Å²) < 4.78 is 38.9. The van der Waals surface area contributed by atoms with Gasteiger partial charge in [0.1, 0.15) is 11.1 Å². The van der Waals surface area contributed by atoms with Crippen molar-refractivity contribution in [3.8, 4) is 0 Å². The van der Waals surface area contributed by atoms with Gasteiger partial charge in [-0.05, 0) is 49.1 Å². The zero-order chi connectivity index (χ0) is 24.5. The van der Waals surface area contributed by atoms with Crippen molar-refractivity contribution in [2.75, 3.05) is 25.5 Å². The van der Waals surface area contributed by atoms with Gasteiger partial charge in [0.15, 0.2) is 0 Å². The number of aryl methyl sites for hydroxylation is 1. The average Bonchev–Trinajstić information content (AvgIpc) is 3.30. The van der Waals surface area contributed by atoms with Crippen LogP contribution >= 0.6 is 11.8 Å². The van der Waals surface area contributed by atoms with Crippen molar-refractivity contribution in [3.05, 3.63) is 53.5 Å². The van der Waals surface area contributed by atoms with Crippen LogP contribution in [0.3, 0.4) is 0 Å². The smallest absolute Gasteiger partial charge is 0.387 e. The number of anilines is 2. The summed E-state index contributed by atoms with van der Waals surface area (Å²) >= 11 is 1.49. The third-order valence-electron chi connectivity index (χ3n) is 5.79. The van der Waals surface area contributed by atoms with Crippen molar-refractivity contribution < 1.29 is 23.1 Å². The Balaban J connectivity index is 1.45. The van der Waals surface area contributed by atoms with Crippen LogP contribution < -0.4 is 16.0 Å². The lowest BCUT2D eigenvalue weighted by Gasteiger charge is -2.41. The molecule has 8 nitrogen and oxygen atoms in total. The largest absolute Gasteiger partial charge is 0.433 e. The Kier molecular flexibility index (Phi) is 6.63. The molecule has 182 valence electrons. The minimum Gasteiger partial charge on any atom is -0.387 e. The van der Waals surface area contributed by atoms with E-state index in [9.17, 15) is 23.1 Å². The minimum absolute atomic E-state index is 0.146. The van der Waals surface area contributed by atoms with Gasteiger partial charge in [0.25, 0.3) is 0 Å². The van der Waals surface area contributed by atoms with E-state index in [4.69, 9.17) is 0 Å². The normalized spacial score (nSPS) is 19.9. The molecule has 4 N–H and O–H groups in total. The lowest BCUT2D eigenvalue weighted by atomic mass is 9.91. The van der Waals surface area contributed by atoms with Crippen molar-refractivity contribution in [2.45, 2.75) is 36.9 Å². The number of benzene rings is 1. The first kappa shape index (κ1) is 24.1. The van der Waals surface area contributed by atoms with Gasteiger partial charge in [-0.3, -0.25) is 0 Å². The first-order valence-electron chi connectivity index (χ1n) is 10.7. The first-order chi connectivity index (χ1) is 16.1. The number of thioether (sulfide) groups is 1. The van der Waals surface area contributed by atoms with E-state index in [0.29, 0.717) is 31.6 Å². The fourth-order valence-electron chi connectivity index (χ4n) is 3.98.